The summed E-state index contributed by atoms with van der Waals surface area (Å²) >= 11 is 0. The van der Waals surface area contributed by atoms with Crippen LogP contribution in [0.3, 0.4) is 0 Å². The quantitative estimate of drug-likeness (QED) is 0.722. The normalized spacial score (nSPS) is 11.3. The predicted octanol–water partition coefficient (Wildman–Crippen LogP) is 3.54. The van der Waals surface area contributed by atoms with E-state index in [1.165, 1.54) is 0 Å². The van der Waals surface area contributed by atoms with E-state index in [9.17, 15) is 9.59 Å². The molecule has 3 aromatic rings. The Morgan fingerprint density at radius 2 is 2.00 bits per heavy atom. The molecule has 1 aromatic carbocycles. The molecule has 1 amide bonds. The van der Waals surface area contributed by atoms with Gasteiger partial charge in [-0.25, -0.2) is 0 Å². The fourth-order valence-electron chi connectivity index (χ4n) is 3.21. The number of benzene rings is 1. The number of hydrogen-bond acceptors (Lipinski definition) is 4. The Morgan fingerprint density at radius 3 is 2.70 bits per heavy atom. The van der Waals surface area contributed by atoms with Gasteiger partial charge in [-0.1, -0.05) is 31.1 Å². The lowest BCUT2D eigenvalue weighted by molar-refractivity contribution is 0.0951. The number of nitrogens with one attached hydrogen (secondary N) is 2. The van der Waals surface area contributed by atoms with Crippen molar-refractivity contribution in [2.45, 2.75) is 47.0 Å². The first-order valence-electron chi connectivity index (χ1n) is 9.16. The van der Waals surface area contributed by atoms with Gasteiger partial charge >= 0.3 is 0 Å². The molecular formula is C21H25N3O3. The Balaban J connectivity index is 1.75. The highest BCUT2D eigenvalue weighted by molar-refractivity contribution is 5.96. The molecule has 0 saturated heterocycles. The van der Waals surface area contributed by atoms with E-state index in [0.29, 0.717) is 35.5 Å². The molecule has 0 bridgehead atoms. The summed E-state index contributed by atoms with van der Waals surface area (Å²) in [6.07, 6.45) is 0.450. The number of carbonyl (C=O) groups is 1. The van der Waals surface area contributed by atoms with E-state index in [4.69, 9.17) is 4.52 Å². The van der Waals surface area contributed by atoms with Crippen LogP contribution in [0.5, 0.6) is 0 Å². The van der Waals surface area contributed by atoms with Gasteiger partial charge in [0, 0.05) is 18.0 Å². The monoisotopic (exact) mass is 367 g/mol. The van der Waals surface area contributed by atoms with E-state index < -0.39 is 0 Å². The Hall–Kier alpha value is -2.89. The van der Waals surface area contributed by atoms with Crippen LogP contribution in [-0.4, -0.2) is 22.6 Å². The topological polar surface area (TPSA) is 88.0 Å². The van der Waals surface area contributed by atoms with E-state index in [-0.39, 0.29) is 17.4 Å². The summed E-state index contributed by atoms with van der Waals surface area (Å²) in [7, 11) is 0. The van der Waals surface area contributed by atoms with Gasteiger partial charge in [0.25, 0.3) is 11.5 Å². The molecule has 0 spiro atoms. The standard InChI is InChI=1S/C21H25N3O3/c1-11(2)19-17(14(5)24-27-19)21(26)22-9-8-16-10-15-7-6-12(3)13(4)18(15)23-20(16)25/h6-7,10-11H,8-9H2,1-5H3,(H,22,26)(H,23,25). The molecule has 0 radical (unpaired) electrons. The molecule has 6 heteroatoms. The number of H-pyrrole nitrogens is 1. The first kappa shape index (κ1) is 18.9. The van der Waals surface area contributed by atoms with Crippen LogP contribution in [0.15, 0.2) is 27.5 Å². The maximum absolute atomic E-state index is 12.5. The minimum absolute atomic E-state index is 0.0713. The zero-order valence-electron chi connectivity index (χ0n) is 16.4. The van der Waals surface area contributed by atoms with Gasteiger partial charge < -0.3 is 14.8 Å². The van der Waals surface area contributed by atoms with Crippen molar-refractivity contribution in [1.82, 2.24) is 15.5 Å². The fraction of sp³-hybridized carbons (Fsp3) is 0.381. The fourth-order valence-corrected chi connectivity index (χ4v) is 3.21. The van der Waals surface area contributed by atoms with Gasteiger partial charge in [0.1, 0.15) is 5.56 Å². The molecule has 0 aliphatic heterocycles. The number of aromatic amines is 1. The lowest BCUT2D eigenvalue weighted by atomic mass is 10.0. The smallest absolute Gasteiger partial charge is 0.256 e. The van der Waals surface area contributed by atoms with E-state index in [1.807, 2.05) is 45.9 Å². The van der Waals surface area contributed by atoms with E-state index in [1.54, 1.807) is 6.92 Å². The summed E-state index contributed by atoms with van der Waals surface area (Å²) in [5.41, 5.74) is 4.69. The van der Waals surface area contributed by atoms with Crippen molar-refractivity contribution < 1.29 is 9.32 Å². The van der Waals surface area contributed by atoms with Crippen molar-refractivity contribution in [2.75, 3.05) is 6.54 Å². The Kier molecular flexibility index (Phi) is 5.17. The molecule has 142 valence electrons. The number of aryl methyl sites for hydroxylation is 3. The number of nitrogens with zero attached hydrogens (tertiary/aromatic N) is 1. The SMILES string of the molecule is Cc1ccc2cc(CCNC(=O)c3c(C)noc3C(C)C)c(=O)[nH]c2c1C. The highest BCUT2D eigenvalue weighted by Crippen LogP contribution is 2.22. The van der Waals surface area contributed by atoms with Gasteiger partial charge in [-0.3, -0.25) is 9.59 Å². The summed E-state index contributed by atoms with van der Waals surface area (Å²) in [5, 5.41) is 7.77. The minimum Gasteiger partial charge on any atom is -0.360 e. The second kappa shape index (κ2) is 7.39. The van der Waals surface area contributed by atoms with Crippen LogP contribution in [-0.2, 0) is 6.42 Å². The van der Waals surface area contributed by atoms with Crippen LogP contribution in [0.25, 0.3) is 10.9 Å². The van der Waals surface area contributed by atoms with E-state index >= 15 is 0 Å². The van der Waals surface area contributed by atoms with Crippen LogP contribution in [0.4, 0.5) is 0 Å². The van der Waals surface area contributed by atoms with Gasteiger partial charge in [0.05, 0.1) is 11.2 Å². The summed E-state index contributed by atoms with van der Waals surface area (Å²) in [6, 6.07) is 5.95. The van der Waals surface area contributed by atoms with E-state index in [0.717, 1.165) is 22.0 Å². The van der Waals surface area contributed by atoms with Crippen molar-refractivity contribution in [1.29, 1.82) is 0 Å². The van der Waals surface area contributed by atoms with Crippen LogP contribution < -0.4 is 10.9 Å². The summed E-state index contributed by atoms with van der Waals surface area (Å²) in [6.45, 7) is 10.0. The summed E-state index contributed by atoms with van der Waals surface area (Å²) < 4.78 is 5.26. The number of hydrogen-bond donors (Lipinski definition) is 2. The Bertz CT molecular complexity index is 1060. The van der Waals surface area contributed by atoms with Crippen molar-refractivity contribution >= 4 is 16.8 Å². The summed E-state index contributed by atoms with van der Waals surface area (Å²) in [4.78, 5) is 27.9. The maximum atomic E-state index is 12.5. The lowest BCUT2D eigenvalue weighted by Gasteiger charge is -2.09. The molecule has 2 heterocycles. The van der Waals surface area contributed by atoms with Gasteiger partial charge in [0.2, 0.25) is 0 Å². The van der Waals surface area contributed by atoms with Crippen LogP contribution in [0.2, 0.25) is 0 Å². The molecule has 6 nitrogen and oxygen atoms in total. The third-order valence-corrected chi connectivity index (χ3v) is 4.95. The number of rotatable bonds is 5. The number of aromatic nitrogens is 2. The van der Waals surface area contributed by atoms with Gasteiger partial charge in [-0.05, 0) is 49.8 Å². The van der Waals surface area contributed by atoms with Crippen molar-refractivity contribution in [2.24, 2.45) is 0 Å². The van der Waals surface area contributed by atoms with Crippen molar-refractivity contribution in [3.63, 3.8) is 0 Å². The number of amides is 1. The van der Waals surface area contributed by atoms with Crippen molar-refractivity contribution in [3.05, 3.63) is 62.3 Å². The number of pyridine rings is 1. The first-order chi connectivity index (χ1) is 12.8. The second-order valence-electron chi connectivity index (χ2n) is 7.26. The number of carbonyl (C=O) groups excluding carboxylic acids is 1. The molecule has 2 N–H and O–H groups in total. The summed E-state index contributed by atoms with van der Waals surface area (Å²) in [5.74, 6) is 0.433. The van der Waals surface area contributed by atoms with E-state index in [2.05, 4.69) is 15.5 Å². The van der Waals surface area contributed by atoms with Crippen LogP contribution >= 0.6 is 0 Å². The highest BCUT2D eigenvalue weighted by Gasteiger charge is 2.22. The molecule has 0 saturated carbocycles. The Labute approximate surface area is 158 Å². The molecule has 0 unspecified atom stereocenters. The molecule has 0 fully saturated rings. The third-order valence-electron chi connectivity index (χ3n) is 4.95. The second-order valence-corrected chi connectivity index (χ2v) is 7.26. The molecular weight excluding hydrogens is 342 g/mol. The van der Waals surface area contributed by atoms with Crippen molar-refractivity contribution in [3.8, 4) is 0 Å². The average Bonchev–Trinajstić information content (AvgIpc) is 3.01. The predicted molar refractivity (Wildman–Crippen MR) is 105 cm³/mol. The third kappa shape index (κ3) is 3.65. The molecule has 27 heavy (non-hydrogen) atoms. The zero-order valence-corrected chi connectivity index (χ0v) is 16.4. The van der Waals surface area contributed by atoms with Crippen LogP contribution in [0.1, 0.15) is 58.3 Å². The zero-order chi connectivity index (χ0) is 19.7. The molecule has 0 atom stereocenters. The van der Waals surface area contributed by atoms with Gasteiger partial charge in [0.15, 0.2) is 5.76 Å². The average molecular weight is 367 g/mol. The lowest BCUT2D eigenvalue weighted by Crippen LogP contribution is -2.28. The molecule has 0 aliphatic rings. The molecule has 0 aliphatic carbocycles. The maximum Gasteiger partial charge on any atom is 0.256 e. The van der Waals surface area contributed by atoms with Crippen LogP contribution in [0, 0.1) is 20.8 Å². The molecule has 3 rings (SSSR count). The minimum atomic E-state index is -0.221. The molecule has 2 aromatic heterocycles. The van der Waals surface area contributed by atoms with Gasteiger partial charge in [-0.15, -0.1) is 0 Å². The number of fused-ring (bicyclic) bond motifs is 1. The highest BCUT2D eigenvalue weighted by atomic mass is 16.5. The van der Waals surface area contributed by atoms with Gasteiger partial charge in [-0.2, -0.15) is 0 Å². The first-order valence-corrected chi connectivity index (χ1v) is 9.16. The largest absolute Gasteiger partial charge is 0.360 e. The Morgan fingerprint density at radius 1 is 1.26 bits per heavy atom.